The third kappa shape index (κ3) is 3.73. The van der Waals surface area contributed by atoms with Crippen LogP contribution in [0.4, 0.5) is 0 Å². The van der Waals surface area contributed by atoms with Crippen molar-refractivity contribution in [2.24, 2.45) is 11.7 Å². The molecule has 2 aliphatic heterocycles. The first-order valence-corrected chi connectivity index (χ1v) is 8.31. The van der Waals surface area contributed by atoms with Crippen LogP contribution in [0.2, 0.25) is 0 Å². The number of ether oxygens (including phenoxy) is 1. The third-order valence-electron chi connectivity index (χ3n) is 5.54. The van der Waals surface area contributed by atoms with Crippen molar-refractivity contribution in [2.75, 3.05) is 46.9 Å². The number of nitrogens with two attached hydrogens (primary N) is 1. The molecule has 0 bridgehead atoms. The lowest BCUT2D eigenvalue weighted by Crippen LogP contribution is -2.58. The predicted molar refractivity (Wildman–Crippen MR) is 83.9 cm³/mol. The van der Waals surface area contributed by atoms with Crippen molar-refractivity contribution in [3.63, 3.8) is 0 Å². The molecule has 2 saturated heterocycles. The normalized spacial score (nSPS) is 33.8. The van der Waals surface area contributed by atoms with Crippen molar-refractivity contribution in [3.8, 4) is 0 Å². The smallest absolute Gasteiger partial charge is 0.0590 e. The van der Waals surface area contributed by atoms with E-state index in [0.29, 0.717) is 6.10 Å². The van der Waals surface area contributed by atoms with Gasteiger partial charge in [0.25, 0.3) is 0 Å². The number of nitrogens with zero attached hydrogens (tertiary/aromatic N) is 2. The molecule has 0 aromatic heterocycles. The Labute approximate surface area is 124 Å². The largest absolute Gasteiger partial charge is 0.378 e. The minimum Gasteiger partial charge on any atom is -0.378 e. The van der Waals surface area contributed by atoms with Gasteiger partial charge in [0, 0.05) is 25.2 Å². The van der Waals surface area contributed by atoms with Gasteiger partial charge in [0.1, 0.15) is 0 Å². The molecule has 0 aromatic carbocycles. The van der Waals surface area contributed by atoms with E-state index in [1.807, 2.05) is 0 Å². The van der Waals surface area contributed by atoms with Crippen LogP contribution in [0.1, 0.15) is 39.0 Å². The van der Waals surface area contributed by atoms with E-state index in [1.54, 1.807) is 0 Å². The van der Waals surface area contributed by atoms with E-state index in [1.165, 1.54) is 32.5 Å². The second-order valence-corrected chi connectivity index (χ2v) is 6.91. The summed E-state index contributed by atoms with van der Waals surface area (Å²) < 4.78 is 5.85. The zero-order valence-electron chi connectivity index (χ0n) is 13.6. The molecule has 2 fully saturated rings. The van der Waals surface area contributed by atoms with E-state index in [-0.39, 0.29) is 5.54 Å². The summed E-state index contributed by atoms with van der Waals surface area (Å²) in [6, 6.07) is 0. The molecule has 0 radical (unpaired) electrons. The highest BCUT2D eigenvalue weighted by Gasteiger charge is 2.39. The summed E-state index contributed by atoms with van der Waals surface area (Å²) in [5.74, 6) is 0.836. The number of likely N-dealkylation sites (N-methyl/N-ethyl adjacent to an activating group) is 1. The second kappa shape index (κ2) is 7.21. The lowest BCUT2D eigenvalue weighted by Gasteiger charge is -2.48. The lowest BCUT2D eigenvalue weighted by atomic mass is 9.83. The Morgan fingerprint density at radius 2 is 2.05 bits per heavy atom. The molecule has 0 aliphatic carbocycles. The fourth-order valence-electron chi connectivity index (χ4n) is 3.78. The average Bonchev–Trinajstić information content (AvgIpc) is 2.49. The van der Waals surface area contributed by atoms with Gasteiger partial charge in [-0.3, -0.25) is 4.90 Å². The van der Waals surface area contributed by atoms with Crippen molar-refractivity contribution in [2.45, 2.75) is 50.7 Å². The number of hydrogen-bond acceptors (Lipinski definition) is 4. The molecular weight excluding hydrogens is 250 g/mol. The molecule has 2 N–H and O–H groups in total. The minimum atomic E-state index is 0.169. The minimum absolute atomic E-state index is 0.169. The van der Waals surface area contributed by atoms with Crippen LogP contribution < -0.4 is 5.73 Å². The summed E-state index contributed by atoms with van der Waals surface area (Å²) in [5, 5.41) is 0. The van der Waals surface area contributed by atoms with Crippen LogP contribution in [0, 0.1) is 5.92 Å². The highest BCUT2D eigenvalue weighted by molar-refractivity contribution is 4.95. The van der Waals surface area contributed by atoms with Gasteiger partial charge in [0.05, 0.1) is 6.10 Å². The zero-order chi connectivity index (χ0) is 14.6. The first-order valence-electron chi connectivity index (χ1n) is 8.31. The Morgan fingerprint density at radius 3 is 2.65 bits per heavy atom. The summed E-state index contributed by atoms with van der Waals surface area (Å²) >= 11 is 0. The fraction of sp³-hybridized carbons (Fsp3) is 1.00. The van der Waals surface area contributed by atoms with Gasteiger partial charge in [-0.25, -0.2) is 0 Å². The molecule has 2 aliphatic rings. The Hall–Kier alpha value is -0.160. The quantitative estimate of drug-likeness (QED) is 0.831. The van der Waals surface area contributed by atoms with E-state index in [9.17, 15) is 0 Å². The molecule has 118 valence electrons. The van der Waals surface area contributed by atoms with Gasteiger partial charge in [0.2, 0.25) is 0 Å². The van der Waals surface area contributed by atoms with E-state index in [4.69, 9.17) is 10.5 Å². The summed E-state index contributed by atoms with van der Waals surface area (Å²) in [5.41, 5.74) is 6.35. The SMILES string of the molecule is CCC1CC(CN)(N(C)CC2CCN(C)CC2)CCO1. The van der Waals surface area contributed by atoms with Crippen molar-refractivity contribution < 1.29 is 4.74 Å². The maximum atomic E-state index is 6.18. The van der Waals surface area contributed by atoms with Crippen molar-refractivity contribution >= 4 is 0 Å². The van der Waals surface area contributed by atoms with E-state index in [2.05, 4.69) is 30.8 Å². The number of hydrogen-bond donors (Lipinski definition) is 1. The summed E-state index contributed by atoms with van der Waals surface area (Å²) in [6.45, 7) is 7.53. The summed E-state index contributed by atoms with van der Waals surface area (Å²) in [7, 11) is 4.51. The maximum Gasteiger partial charge on any atom is 0.0590 e. The lowest BCUT2D eigenvalue weighted by molar-refractivity contribution is -0.0694. The van der Waals surface area contributed by atoms with Crippen LogP contribution in [0.25, 0.3) is 0 Å². The Morgan fingerprint density at radius 1 is 1.35 bits per heavy atom. The molecule has 2 unspecified atom stereocenters. The number of piperidine rings is 1. The van der Waals surface area contributed by atoms with Crippen LogP contribution >= 0.6 is 0 Å². The molecular formula is C16H33N3O. The molecule has 20 heavy (non-hydrogen) atoms. The molecule has 2 atom stereocenters. The van der Waals surface area contributed by atoms with Gasteiger partial charge in [-0.05, 0) is 65.2 Å². The van der Waals surface area contributed by atoms with Crippen LogP contribution in [0.3, 0.4) is 0 Å². The van der Waals surface area contributed by atoms with E-state index >= 15 is 0 Å². The van der Waals surface area contributed by atoms with Gasteiger partial charge in [-0.1, -0.05) is 6.92 Å². The van der Waals surface area contributed by atoms with Crippen molar-refractivity contribution in [1.82, 2.24) is 9.80 Å². The van der Waals surface area contributed by atoms with Crippen LogP contribution in [0.15, 0.2) is 0 Å². The molecule has 0 aromatic rings. The first kappa shape index (κ1) is 16.2. The van der Waals surface area contributed by atoms with Gasteiger partial charge >= 0.3 is 0 Å². The number of likely N-dealkylation sites (tertiary alicyclic amines) is 1. The van der Waals surface area contributed by atoms with E-state index < -0.39 is 0 Å². The standard InChI is InChI=1S/C16H33N3O/c1-4-15-11-16(13-17,7-10-20-15)19(3)12-14-5-8-18(2)9-6-14/h14-15H,4-13,17H2,1-3H3. The predicted octanol–water partition coefficient (Wildman–Crippen LogP) is 1.55. The fourth-order valence-corrected chi connectivity index (χ4v) is 3.78. The molecule has 2 heterocycles. The van der Waals surface area contributed by atoms with E-state index in [0.717, 1.165) is 38.3 Å². The zero-order valence-corrected chi connectivity index (χ0v) is 13.6. The highest BCUT2D eigenvalue weighted by atomic mass is 16.5. The molecule has 2 rings (SSSR count). The highest BCUT2D eigenvalue weighted by Crippen LogP contribution is 2.32. The van der Waals surface area contributed by atoms with Crippen molar-refractivity contribution in [3.05, 3.63) is 0 Å². The topological polar surface area (TPSA) is 41.7 Å². The second-order valence-electron chi connectivity index (χ2n) is 6.91. The molecule has 4 nitrogen and oxygen atoms in total. The summed E-state index contributed by atoms with van der Waals surface area (Å²) in [6.07, 6.45) is 6.34. The van der Waals surface area contributed by atoms with Crippen LogP contribution in [-0.4, -0.2) is 68.3 Å². The monoisotopic (exact) mass is 283 g/mol. The van der Waals surface area contributed by atoms with Gasteiger partial charge in [0.15, 0.2) is 0 Å². The number of rotatable bonds is 5. The molecule has 0 saturated carbocycles. The van der Waals surface area contributed by atoms with Crippen molar-refractivity contribution in [1.29, 1.82) is 0 Å². The Kier molecular flexibility index (Phi) is 5.84. The van der Waals surface area contributed by atoms with Crippen LogP contribution in [0.5, 0.6) is 0 Å². The van der Waals surface area contributed by atoms with Crippen LogP contribution in [-0.2, 0) is 4.74 Å². The summed E-state index contributed by atoms with van der Waals surface area (Å²) in [4.78, 5) is 5.00. The first-order chi connectivity index (χ1) is 9.59. The molecule has 4 heteroatoms. The molecule has 0 spiro atoms. The van der Waals surface area contributed by atoms with Gasteiger partial charge < -0.3 is 15.4 Å². The Balaban J connectivity index is 1.92. The third-order valence-corrected chi connectivity index (χ3v) is 5.54. The molecule has 0 amide bonds. The maximum absolute atomic E-state index is 6.18. The van der Waals surface area contributed by atoms with Gasteiger partial charge in [-0.15, -0.1) is 0 Å². The average molecular weight is 283 g/mol. The van der Waals surface area contributed by atoms with Gasteiger partial charge in [-0.2, -0.15) is 0 Å². The Bertz CT molecular complexity index is 291.